The second-order valence-corrected chi connectivity index (χ2v) is 6.54. The van der Waals surface area contributed by atoms with Crippen LogP contribution >= 0.6 is 11.8 Å². The highest BCUT2D eigenvalue weighted by Crippen LogP contribution is 2.35. The van der Waals surface area contributed by atoms with Crippen LogP contribution in [0, 0.1) is 5.82 Å². The van der Waals surface area contributed by atoms with Crippen LogP contribution in [0.25, 0.3) is 0 Å². The molecule has 1 atom stereocenters. The number of rotatable bonds is 5. The Kier molecular flexibility index (Phi) is 4.93. The van der Waals surface area contributed by atoms with E-state index in [2.05, 4.69) is 15.5 Å². The molecule has 0 saturated heterocycles. The number of carbonyl (C=O) groups excluding carboxylic acids is 1. The average Bonchev–Trinajstić information content (AvgIpc) is 3.15. The van der Waals surface area contributed by atoms with Crippen LogP contribution in [-0.2, 0) is 4.79 Å². The number of thioether (sulfide) groups is 1. The van der Waals surface area contributed by atoms with Crippen LogP contribution in [0.1, 0.15) is 12.0 Å². The molecule has 1 aliphatic heterocycles. The number of nitrogens with one attached hydrogen (secondary N) is 1. The van der Waals surface area contributed by atoms with E-state index in [1.807, 2.05) is 18.2 Å². The van der Waals surface area contributed by atoms with Crippen molar-refractivity contribution in [3.05, 3.63) is 60.2 Å². The van der Waals surface area contributed by atoms with Crippen LogP contribution in [0.2, 0.25) is 0 Å². The molecule has 9 heteroatoms. The molecule has 1 aliphatic rings. The van der Waals surface area contributed by atoms with Gasteiger partial charge in [0, 0.05) is 5.69 Å². The Balaban J connectivity index is 1.33. The Hall–Kier alpha value is -3.07. The van der Waals surface area contributed by atoms with Crippen molar-refractivity contribution in [1.82, 2.24) is 10.2 Å². The first-order valence-corrected chi connectivity index (χ1v) is 9.06. The SMILES string of the molecule is O=C(CSc1nnc([C@H]2COc3ccccc3O2)o1)Nc1cccc(F)c1. The predicted molar refractivity (Wildman–Crippen MR) is 95.4 cm³/mol. The maximum atomic E-state index is 13.1. The molecule has 27 heavy (non-hydrogen) atoms. The highest BCUT2D eigenvalue weighted by Gasteiger charge is 2.27. The number of para-hydroxylation sites is 2. The van der Waals surface area contributed by atoms with Gasteiger partial charge in [0.05, 0.1) is 5.75 Å². The van der Waals surface area contributed by atoms with Crippen molar-refractivity contribution in [3.63, 3.8) is 0 Å². The largest absolute Gasteiger partial charge is 0.485 e. The number of aromatic nitrogens is 2. The summed E-state index contributed by atoms with van der Waals surface area (Å²) in [6.07, 6.45) is -0.511. The minimum Gasteiger partial charge on any atom is -0.485 e. The molecule has 3 aromatic rings. The van der Waals surface area contributed by atoms with Gasteiger partial charge in [0.2, 0.25) is 12.0 Å². The molecular weight excluding hydrogens is 373 g/mol. The first-order valence-electron chi connectivity index (χ1n) is 8.07. The zero-order valence-electron chi connectivity index (χ0n) is 13.9. The van der Waals surface area contributed by atoms with Crippen LogP contribution in [0.5, 0.6) is 11.5 Å². The van der Waals surface area contributed by atoms with Crippen molar-refractivity contribution in [3.8, 4) is 11.5 Å². The second kappa shape index (κ2) is 7.67. The van der Waals surface area contributed by atoms with E-state index in [0.29, 0.717) is 17.2 Å². The minimum absolute atomic E-state index is 0.0446. The third-order valence-electron chi connectivity index (χ3n) is 3.64. The number of ether oxygens (including phenoxy) is 2. The van der Waals surface area contributed by atoms with Crippen LogP contribution in [0.3, 0.4) is 0 Å². The lowest BCUT2D eigenvalue weighted by atomic mass is 10.2. The lowest BCUT2D eigenvalue weighted by Gasteiger charge is -2.23. The van der Waals surface area contributed by atoms with E-state index >= 15 is 0 Å². The molecular formula is C18H14FN3O4S. The van der Waals surface area contributed by atoms with Crippen molar-refractivity contribution in [1.29, 1.82) is 0 Å². The number of fused-ring (bicyclic) bond motifs is 1. The van der Waals surface area contributed by atoms with Gasteiger partial charge in [-0.05, 0) is 30.3 Å². The predicted octanol–water partition coefficient (Wildman–Crippen LogP) is 3.45. The average molecular weight is 387 g/mol. The fourth-order valence-electron chi connectivity index (χ4n) is 2.44. The molecule has 0 fully saturated rings. The third-order valence-corrected chi connectivity index (χ3v) is 4.46. The monoisotopic (exact) mass is 387 g/mol. The van der Waals surface area contributed by atoms with E-state index in [1.54, 1.807) is 12.1 Å². The quantitative estimate of drug-likeness (QED) is 0.671. The summed E-state index contributed by atoms with van der Waals surface area (Å²) in [5.74, 6) is 0.864. The van der Waals surface area contributed by atoms with Gasteiger partial charge < -0.3 is 19.2 Å². The summed E-state index contributed by atoms with van der Waals surface area (Å²) < 4.78 is 30.1. The first kappa shape index (κ1) is 17.3. The fraction of sp³-hybridized carbons (Fsp3) is 0.167. The highest BCUT2D eigenvalue weighted by atomic mass is 32.2. The summed E-state index contributed by atoms with van der Waals surface area (Å²) in [5.41, 5.74) is 0.387. The van der Waals surface area contributed by atoms with E-state index in [-0.39, 0.29) is 29.4 Å². The maximum Gasteiger partial charge on any atom is 0.277 e. The van der Waals surface area contributed by atoms with Gasteiger partial charge in [-0.1, -0.05) is 30.0 Å². The fourth-order valence-corrected chi connectivity index (χ4v) is 3.01. The third kappa shape index (κ3) is 4.20. The standard InChI is InChI=1S/C18H14FN3O4S/c19-11-4-3-5-12(8-11)20-16(23)10-27-18-22-21-17(26-18)15-9-24-13-6-1-2-7-14(13)25-15/h1-8,15H,9-10H2,(H,20,23)/t15-/m1/s1. The van der Waals surface area contributed by atoms with Gasteiger partial charge in [-0.15, -0.1) is 10.2 Å². The lowest BCUT2D eigenvalue weighted by Crippen LogP contribution is -2.21. The number of nitrogens with zero attached hydrogens (tertiary/aromatic N) is 2. The van der Waals surface area contributed by atoms with Gasteiger partial charge in [0.1, 0.15) is 12.4 Å². The second-order valence-electron chi connectivity index (χ2n) is 5.62. The lowest BCUT2D eigenvalue weighted by molar-refractivity contribution is -0.113. The Morgan fingerprint density at radius 2 is 2.04 bits per heavy atom. The van der Waals surface area contributed by atoms with Crippen LogP contribution in [0.15, 0.2) is 58.2 Å². The number of benzene rings is 2. The van der Waals surface area contributed by atoms with E-state index in [4.69, 9.17) is 13.9 Å². The van der Waals surface area contributed by atoms with Crippen molar-refractivity contribution >= 4 is 23.4 Å². The molecule has 2 aromatic carbocycles. The van der Waals surface area contributed by atoms with Crippen molar-refractivity contribution in [2.45, 2.75) is 11.3 Å². The van der Waals surface area contributed by atoms with Crippen molar-refractivity contribution in [2.75, 3.05) is 17.7 Å². The van der Waals surface area contributed by atoms with E-state index < -0.39 is 11.9 Å². The Morgan fingerprint density at radius 3 is 2.89 bits per heavy atom. The van der Waals surface area contributed by atoms with Gasteiger partial charge in [0.15, 0.2) is 11.5 Å². The number of halogens is 1. The molecule has 2 heterocycles. The van der Waals surface area contributed by atoms with Gasteiger partial charge in [-0.3, -0.25) is 4.79 Å². The molecule has 0 bridgehead atoms. The normalized spacial score (nSPS) is 15.4. The smallest absolute Gasteiger partial charge is 0.277 e. The number of amides is 1. The summed E-state index contributed by atoms with van der Waals surface area (Å²) in [4.78, 5) is 12.0. The molecule has 1 amide bonds. The summed E-state index contributed by atoms with van der Waals surface area (Å²) in [6.45, 7) is 0.253. The molecule has 0 saturated carbocycles. The van der Waals surface area contributed by atoms with Gasteiger partial charge in [0.25, 0.3) is 11.1 Å². The van der Waals surface area contributed by atoms with Gasteiger partial charge in [-0.2, -0.15) is 0 Å². The molecule has 4 rings (SSSR count). The Morgan fingerprint density at radius 1 is 1.19 bits per heavy atom. The zero-order valence-corrected chi connectivity index (χ0v) is 14.7. The minimum atomic E-state index is -0.511. The highest BCUT2D eigenvalue weighted by molar-refractivity contribution is 7.99. The molecule has 0 spiro atoms. The Bertz CT molecular complexity index is 965. The molecule has 138 valence electrons. The number of hydrogen-bond donors (Lipinski definition) is 1. The molecule has 0 radical (unpaired) electrons. The van der Waals surface area contributed by atoms with E-state index in [0.717, 1.165) is 11.8 Å². The number of carbonyl (C=O) groups is 1. The molecule has 7 nitrogen and oxygen atoms in total. The zero-order chi connectivity index (χ0) is 18.6. The first-order chi connectivity index (χ1) is 13.2. The molecule has 0 aliphatic carbocycles. The van der Waals surface area contributed by atoms with E-state index in [1.165, 1.54) is 18.2 Å². The van der Waals surface area contributed by atoms with Crippen LogP contribution in [0.4, 0.5) is 10.1 Å². The van der Waals surface area contributed by atoms with E-state index in [9.17, 15) is 9.18 Å². The summed E-state index contributed by atoms with van der Waals surface area (Å²) in [5, 5.41) is 10.7. The number of hydrogen-bond acceptors (Lipinski definition) is 7. The summed E-state index contributed by atoms with van der Waals surface area (Å²) in [6, 6.07) is 13.0. The van der Waals surface area contributed by atoms with Crippen molar-refractivity contribution in [2.24, 2.45) is 0 Å². The summed E-state index contributed by atoms with van der Waals surface area (Å²) in [7, 11) is 0. The van der Waals surface area contributed by atoms with Crippen molar-refractivity contribution < 1.29 is 23.1 Å². The van der Waals surface area contributed by atoms with Crippen LogP contribution < -0.4 is 14.8 Å². The molecule has 1 N–H and O–H groups in total. The maximum absolute atomic E-state index is 13.1. The molecule has 1 aromatic heterocycles. The number of anilines is 1. The summed E-state index contributed by atoms with van der Waals surface area (Å²) >= 11 is 1.08. The molecule has 0 unspecified atom stereocenters. The van der Waals surface area contributed by atoms with Crippen LogP contribution in [-0.4, -0.2) is 28.5 Å². The van der Waals surface area contributed by atoms with Gasteiger partial charge >= 0.3 is 0 Å². The Labute approximate surface area is 157 Å². The van der Waals surface area contributed by atoms with Gasteiger partial charge in [-0.25, -0.2) is 4.39 Å². The topological polar surface area (TPSA) is 86.5 Å².